The van der Waals surface area contributed by atoms with Gasteiger partial charge in [0.15, 0.2) is 17.7 Å². The minimum atomic E-state index is -3.12. The Kier molecular flexibility index (Phi) is 7.67. The highest BCUT2D eigenvalue weighted by Crippen LogP contribution is 2.44. The van der Waals surface area contributed by atoms with Gasteiger partial charge in [0.05, 0.1) is 5.92 Å². The minimum absolute atomic E-state index is 0.0888. The van der Waals surface area contributed by atoms with Gasteiger partial charge in [-0.15, -0.1) is 6.58 Å². The van der Waals surface area contributed by atoms with Crippen LogP contribution in [-0.2, 0) is 16.0 Å². The van der Waals surface area contributed by atoms with Crippen molar-refractivity contribution in [1.29, 1.82) is 0 Å². The van der Waals surface area contributed by atoms with Crippen molar-refractivity contribution in [3.05, 3.63) is 71.8 Å². The van der Waals surface area contributed by atoms with Crippen LogP contribution in [0.3, 0.4) is 0 Å². The summed E-state index contributed by atoms with van der Waals surface area (Å²) in [5, 5.41) is 0. The van der Waals surface area contributed by atoms with Crippen molar-refractivity contribution in [2.75, 3.05) is 0 Å². The highest BCUT2D eigenvalue weighted by molar-refractivity contribution is 5.72. The van der Waals surface area contributed by atoms with Crippen LogP contribution in [-0.4, -0.2) is 18.0 Å². The molecule has 2 aromatic carbocycles. The number of hydrogen-bond acceptors (Lipinski definition) is 2. The molecule has 2 aliphatic rings. The zero-order valence-electron chi connectivity index (χ0n) is 20.0. The minimum Gasteiger partial charge on any atom is -0.456 e. The number of esters is 1. The second kappa shape index (κ2) is 10.5. The molecule has 0 aliphatic heterocycles. The van der Waals surface area contributed by atoms with Crippen molar-refractivity contribution < 1.29 is 27.1 Å². The van der Waals surface area contributed by atoms with E-state index in [0.717, 1.165) is 12.8 Å². The lowest BCUT2D eigenvalue weighted by molar-refractivity contribution is -0.188. The van der Waals surface area contributed by atoms with E-state index in [1.807, 2.05) is 6.08 Å². The van der Waals surface area contributed by atoms with Crippen molar-refractivity contribution in [3.63, 3.8) is 0 Å². The molecule has 2 fully saturated rings. The Bertz CT molecular complexity index is 1060. The first-order valence-corrected chi connectivity index (χ1v) is 12.5. The molecule has 2 aliphatic carbocycles. The lowest BCUT2D eigenvalue weighted by atomic mass is 9.79. The standard InChI is InChI=1S/C29H32F4O2/c1-3-18-5-7-22(8-6-18)28(34)35-25-16-14-23(17-29(25,32)33)20-9-11-21(12-10-20)24-15-13-19(4-2)26(30)27(24)31/h3,9-13,15,18,22-23,25H,1,4-8,14,16-17H2,2H3. The Balaban J connectivity index is 1.39. The maximum absolute atomic E-state index is 15.0. The van der Waals surface area contributed by atoms with Crippen molar-refractivity contribution in [2.24, 2.45) is 11.8 Å². The fraction of sp³-hybridized carbons (Fsp3) is 0.483. The van der Waals surface area contributed by atoms with Crippen LogP contribution in [0.2, 0.25) is 0 Å². The Morgan fingerprint density at radius 1 is 1.00 bits per heavy atom. The van der Waals surface area contributed by atoms with Crippen molar-refractivity contribution >= 4 is 5.97 Å². The first-order valence-electron chi connectivity index (χ1n) is 12.5. The summed E-state index contributed by atoms with van der Waals surface area (Å²) in [6, 6.07) is 9.79. The number of carbonyl (C=O) groups excluding carboxylic acids is 1. The molecular formula is C29H32F4O2. The monoisotopic (exact) mass is 488 g/mol. The second-order valence-electron chi connectivity index (χ2n) is 9.89. The van der Waals surface area contributed by atoms with Crippen molar-refractivity contribution in [2.45, 2.75) is 76.2 Å². The molecular weight excluding hydrogens is 456 g/mol. The fourth-order valence-corrected chi connectivity index (χ4v) is 5.40. The van der Waals surface area contributed by atoms with Crippen LogP contribution in [0.1, 0.15) is 68.9 Å². The molecule has 4 rings (SSSR count). The molecule has 35 heavy (non-hydrogen) atoms. The van der Waals surface area contributed by atoms with E-state index in [0.29, 0.717) is 48.3 Å². The van der Waals surface area contributed by atoms with Crippen LogP contribution >= 0.6 is 0 Å². The second-order valence-corrected chi connectivity index (χ2v) is 9.89. The summed E-state index contributed by atoms with van der Waals surface area (Å²) < 4.78 is 64.0. The van der Waals surface area contributed by atoms with Gasteiger partial charge in [0, 0.05) is 12.0 Å². The molecule has 0 spiro atoms. The number of hydrogen-bond donors (Lipinski definition) is 0. The maximum atomic E-state index is 15.0. The Morgan fingerprint density at radius 3 is 2.29 bits per heavy atom. The van der Waals surface area contributed by atoms with Crippen LogP contribution in [0, 0.1) is 23.5 Å². The predicted molar refractivity (Wildman–Crippen MR) is 128 cm³/mol. The molecule has 2 atom stereocenters. The molecule has 0 bridgehead atoms. The van der Waals surface area contributed by atoms with Gasteiger partial charge in [0.1, 0.15) is 0 Å². The highest BCUT2D eigenvalue weighted by Gasteiger charge is 2.48. The molecule has 6 heteroatoms. The molecule has 0 N–H and O–H groups in total. The van der Waals surface area contributed by atoms with Gasteiger partial charge in [-0.3, -0.25) is 4.79 Å². The van der Waals surface area contributed by atoms with Gasteiger partial charge in [-0.2, -0.15) is 0 Å². The van der Waals surface area contributed by atoms with Gasteiger partial charge < -0.3 is 4.74 Å². The van der Waals surface area contributed by atoms with E-state index in [-0.39, 0.29) is 17.9 Å². The smallest absolute Gasteiger partial charge is 0.309 e. The molecule has 0 heterocycles. The third-order valence-electron chi connectivity index (χ3n) is 7.70. The topological polar surface area (TPSA) is 26.3 Å². The number of benzene rings is 2. The summed E-state index contributed by atoms with van der Waals surface area (Å²) in [5.74, 6) is -5.72. The third-order valence-corrected chi connectivity index (χ3v) is 7.70. The molecule has 2 saturated carbocycles. The number of alkyl halides is 2. The zero-order valence-corrected chi connectivity index (χ0v) is 20.0. The summed E-state index contributed by atoms with van der Waals surface area (Å²) in [7, 11) is 0. The largest absolute Gasteiger partial charge is 0.456 e. The van der Waals surface area contributed by atoms with Gasteiger partial charge in [-0.25, -0.2) is 17.6 Å². The van der Waals surface area contributed by atoms with Crippen LogP contribution in [0.4, 0.5) is 17.6 Å². The molecule has 0 radical (unpaired) electrons. The first kappa shape index (κ1) is 25.5. The maximum Gasteiger partial charge on any atom is 0.309 e. The Hall–Kier alpha value is -2.63. The summed E-state index contributed by atoms with van der Waals surface area (Å²) in [6.45, 7) is 5.54. The zero-order chi connectivity index (χ0) is 25.2. The molecule has 0 amide bonds. The van der Waals surface area contributed by atoms with E-state index in [1.165, 1.54) is 0 Å². The van der Waals surface area contributed by atoms with E-state index in [9.17, 15) is 22.4 Å². The Labute approximate surface area is 204 Å². The number of ether oxygens (including phenoxy) is 1. The normalized spacial score (nSPS) is 26.2. The molecule has 0 saturated heterocycles. The average molecular weight is 489 g/mol. The summed E-state index contributed by atoms with van der Waals surface area (Å²) in [6.07, 6.45) is 3.98. The number of halogens is 4. The van der Waals surface area contributed by atoms with Crippen LogP contribution in [0.15, 0.2) is 49.1 Å². The van der Waals surface area contributed by atoms with E-state index in [1.54, 1.807) is 43.3 Å². The van der Waals surface area contributed by atoms with Gasteiger partial charge in [-0.05, 0) is 73.5 Å². The summed E-state index contributed by atoms with van der Waals surface area (Å²) in [5.41, 5.74) is 1.67. The number of carbonyl (C=O) groups is 1. The van der Waals surface area contributed by atoms with E-state index in [4.69, 9.17) is 4.74 Å². The Morgan fingerprint density at radius 2 is 1.69 bits per heavy atom. The van der Waals surface area contributed by atoms with Crippen LogP contribution in [0.25, 0.3) is 11.1 Å². The number of aryl methyl sites for hydroxylation is 1. The average Bonchev–Trinajstić information content (AvgIpc) is 2.87. The third kappa shape index (κ3) is 5.46. The number of rotatable bonds is 6. The molecule has 2 nitrogen and oxygen atoms in total. The fourth-order valence-electron chi connectivity index (χ4n) is 5.40. The van der Waals surface area contributed by atoms with Gasteiger partial charge >= 0.3 is 5.97 Å². The van der Waals surface area contributed by atoms with E-state index < -0.39 is 42.0 Å². The SMILES string of the molecule is C=CC1CCC(C(=O)OC2CCC(c3ccc(-c4ccc(CC)c(F)c4F)cc3)CC2(F)F)CC1. The molecule has 188 valence electrons. The lowest BCUT2D eigenvalue weighted by Gasteiger charge is -2.36. The first-order chi connectivity index (χ1) is 16.7. The quantitative estimate of drug-likeness (QED) is 0.234. The summed E-state index contributed by atoms with van der Waals surface area (Å²) >= 11 is 0. The van der Waals surface area contributed by atoms with Gasteiger partial charge in [0.2, 0.25) is 0 Å². The van der Waals surface area contributed by atoms with Crippen LogP contribution < -0.4 is 0 Å². The van der Waals surface area contributed by atoms with E-state index in [2.05, 4.69) is 6.58 Å². The molecule has 2 unspecified atom stereocenters. The highest BCUT2D eigenvalue weighted by atomic mass is 19.3. The number of allylic oxidation sites excluding steroid dienone is 1. The predicted octanol–water partition coefficient (Wildman–Crippen LogP) is 8.00. The lowest BCUT2D eigenvalue weighted by Crippen LogP contribution is -2.43. The van der Waals surface area contributed by atoms with Crippen molar-refractivity contribution in [3.8, 4) is 11.1 Å². The van der Waals surface area contributed by atoms with E-state index >= 15 is 0 Å². The summed E-state index contributed by atoms with van der Waals surface area (Å²) in [4.78, 5) is 12.5. The van der Waals surface area contributed by atoms with Crippen molar-refractivity contribution in [1.82, 2.24) is 0 Å². The van der Waals surface area contributed by atoms with Gasteiger partial charge in [0.25, 0.3) is 5.92 Å². The van der Waals surface area contributed by atoms with Crippen LogP contribution in [0.5, 0.6) is 0 Å². The molecule has 2 aromatic rings. The molecule has 0 aromatic heterocycles. The van der Waals surface area contributed by atoms with Gasteiger partial charge in [-0.1, -0.05) is 49.4 Å².